The number of rotatable bonds is 3. The van der Waals surface area contributed by atoms with Crippen molar-refractivity contribution in [1.29, 1.82) is 0 Å². The number of piperazine rings is 1. The van der Waals surface area contributed by atoms with Crippen LogP contribution in [0.5, 0.6) is 0 Å². The second-order valence-corrected chi connectivity index (χ2v) is 7.38. The number of anilines is 1. The lowest BCUT2D eigenvalue weighted by Crippen LogP contribution is -2.46. The van der Waals surface area contributed by atoms with Crippen LogP contribution in [-0.4, -0.2) is 46.0 Å². The molecule has 0 N–H and O–H groups in total. The molecule has 0 amide bonds. The molecule has 3 aromatic heterocycles. The molecule has 1 saturated heterocycles. The van der Waals surface area contributed by atoms with Crippen molar-refractivity contribution < 1.29 is 0 Å². The van der Waals surface area contributed by atoms with Crippen molar-refractivity contribution in [2.75, 3.05) is 31.1 Å². The number of pyridine rings is 1. The van der Waals surface area contributed by atoms with Gasteiger partial charge in [-0.25, -0.2) is 9.97 Å². The van der Waals surface area contributed by atoms with E-state index in [1.165, 1.54) is 5.39 Å². The Morgan fingerprint density at radius 2 is 1.91 bits per heavy atom. The molecule has 0 atom stereocenters. The largest absolute Gasteiger partial charge is 0.353 e. The number of hydrogen-bond donors (Lipinski definition) is 0. The van der Waals surface area contributed by atoms with Gasteiger partial charge in [-0.3, -0.25) is 9.88 Å². The van der Waals surface area contributed by atoms with E-state index < -0.39 is 0 Å². The minimum absolute atomic E-state index is 0.902. The molecule has 0 unspecified atom stereocenters. The molecule has 0 bridgehead atoms. The predicted molar refractivity (Wildman–Crippen MR) is 96.8 cm³/mol. The standard InChI is InChI=1S/C16H16BrN5S/c17-12-1-2-13(18-9-12)10-21-4-6-22(7-5-21)15-14-3-8-23-16(14)20-11-19-15/h1-3,8-9,11H,4-7,10H2. The number of aromatic nitrogens is 3. The van der Waals surface area contributed by atoms with E-state index in [1.54, 1.807) is 17.7 Å². The van der Waals surface area contributed by atoms with Crippen molar-refractivity contribution in [3.63, 3.8) is 0 Å². The van der Waals surface area contributed by atoms with Gasteiger partial charge in [0.1, 0.15) is 17.0 Å². The quantitative estimate of drug-likeness (QED) is 0.688. The first-order valence-corrected chi connectivity index (χ1v) is 9.23. The van der Waals surface area contributed by atoms with Gasteiger partial charge in [0.25, 0.3) is 0 Å². The molecule has 0 radical (unpaired) electrons. The fourth-order valence-electron chi connectivity index (χ4n) is 2.88. The monoisotopic (exact) mass is 389 g/mol. The molecule has 0 saturated carbocycles. The molecule has 1 fully saturated rings. The molecular weight excluding hydrogens is 374 g/mol. The number of hydrogen-bond acceptors (Lipinski definition) is 6. The average molecular weight is 390 g/mol. The summed E-state index contributed by atoms with van der Waals surface area (Å²) in [6.07, 6.45) is 3.53. The molecule has 0 spiro atoms. The summed E-state index contributed by atoms with van der Waals surface area (Å²) in [6.45, 7) is 4.91. The lowest BCUT2D eigenvalue weighted by Gasteiger charge is -2.35. The van der Waals surface area contributed by atoms with Crippen LogP contribution in [0, 0.1) is 0 Å². The first kappa shape index (κ1) is 15.0. The van der Waals surface area contributed by atoms with Gasteiger partial charge in [0.15, 0.2) is 0 Å². The maximum Gasteiger partial charge on any atom is 0.140 e. The van der Waals surface area contributed by atoms with Gasteiger partial charge >= 0.3 is 0 Å². The Bertz CT molecular complexity index is 796. The summed E-state index contributed by atoms with van der Waals surface area (Å²) < 4.78 is 1.02. The van der Waals surface area contributed by atoms with Crippen molar-refractivity contribution >= 4 is 43.3 Å². The third-order valence-electron chi connectivity index (χ3n) is 4.09. The summed E-state index contributed by atoms with van der Waals surface area (Å²) in [6, 6.07) is 6.25. The SMILES string of the molecule is Brc1ccc(CN2CCN(c3ncnc4sccc34)CC2)nc1. The van der Waals surface area contributed by atoms with Gasteiger partial charge in [-0.05, 0) is 39.5 Å². The molecule has 5 nitrogen and oxygen atoms in total. The fourth-order valence-corrected chi connectivity index (χ4v) is 3.84. The Balaban J connectivity index is 1.43. The van der Waals surface area contributed by atoms with Crippen molar-refractivity contribution in [3.05, 3.63) is 46.3 Å². The predicted octanol–water partition coefficient (Wildman–Crippen LogP) is 3.17. The molecule has 4 rings (SSSR count). The molecular formula is C16H16BrN5S. The first-order chi connectivity index (χ1) is 11.3. The summed E-state index contributed by atoms with van der Waals surface area (Å²) >= 11 is 5.10. The maximum atomic E-state index is 4.51. The molecule has 0 aromatic carbocycles. The third kappa shape index (κ3) is 3.22. The number of thiophene rings is 1. The summed E-state index contributed by atoms with van der Waals surface area (Å²) in [7, 11) is 0. The van der Waals surface area contributed by atoms with E-state index in [0.29, 0.717) is 0 Å². The zero-order chi connectivity index (χ0) is 15.6. The second-order valence-electron chi connectivity index (χ2n) is 5.57. The number of halogens is 1. The Hall–Kier alpha value is -1.57. The van der Waals surface area contributed by atoms with Crippen LogP contribution in [0.4, 0.5) is 5.82 Å². The highest BCUT2D eigenvalue weighted by Gasteiger charge is 2.20. The van der Waals surface area contributed by atoms with Gasteiger partial charge in [0.2, 0.25) is 0 Å². The van der Waals surface area contributed by atoms with Crippen molar-refractivity contribution in [3.8, 4) is 0 Å². The van der Waals surface area contributed by atoms with E-state index in [9.17, 15) is 0 Å². The van der Waals surface area contributed by atoms with Gasteiger partial charge in [-0.1, -0.05) is 0 Å². The van der Waals surface area contributed by atoms with E-state index in [2.05, 4.69) is 58.2 Å². The smallest absolute Gasteiger partial charge is 0.140 e. The van der Waals surface area contributed by atoms with Crippen LogP contribution in [0.2, 0.25) is 0 Å². The summed E-state index contributed by atoms with van der Waals surface area (Å²) in [5.41, 5.74) is 1.11. The zero-order valence-electron chi connectivity index (χ0n) is 12.5. The molecule has 3 aromatic rings. The first-order valence-electron chi connectivity index (χ1n) is 7.55. The van der Waals surface area contributed by atoms with Crippen LogP contribution in [-0.2, 0) is 6.54 Å². The van der Waals surface area contributed by atoms with E-state index >= 15 is 0 Å². The Morgan fingerprint density at radius 1 is 1.04 bits per heavy atom. The molecule has 1 aliphatic rings. The Labute approximate surface area is 147 Å². The van der Waals surface area contributed by atoms with Crippen LogP contribution in [0.3, 0.4) is 0 Å². The number of nitrogens with zero attached hydrogens (tertiary/aromatic N) is 5. The van der Waals surface area contributed by atoms with Gasteiger partial charge in [-0.15, -0.1) is 11.3 Å². The van der Waals surface area contributed by atoms with Crippen LogP contribution in [0.1, 0.15) is 5.69 Å². The van der Waals surface area contributed by atoms with E-state index in [-0.39, 0.29) is 0 Å². The topological polar surface area (TPSA) is 45.2 Å². The minimum Gasteiger partial charge on any atom is -0.353 e. The summed E-state index contributed by atoms with van der Waals surface area (Å²) in [5, 5.41) is 3.25. The Kier molecular flexibility index (Phi) is 4.24. The molecule has 7 heteroatoms. The Morgan fingerprint density at radius 3 is 2.70 bits per heavy atom. The highest BCUT2D eigenvalue weighted by Crippen LogP contribution is 2.27. The van der Waals surface area contributed by atoms with Gasteiger partial charge in [0.05, 0.1) is 11.1 Å². The maximum absolute atomic E-state index is 4.51. The van der Waals surface area contributed by atoms with Crippen molar-refractivity contribution in [1.82, 2.24) is 19.9 Å². The van der Waals surface area contributed by atoms with Crippen LogP contribution in [0.25, 0.3) is 10.2 Å². The molecule has 0 aliphatic carbocycles. The van der Waals surface area contributed by atoms with E-state index in [1.807, 2.05) is 12.3 Å². The lowest BCUT2D eigenvalue weighted by atomic mass is 10.2. The molecule has 4 heterocycles. The van der Waals surface area contributed by atoms with Crippen LogP contribution >= 0.6 is 27.3 Å². The average Bonchev–Trinajstić information content (AvgIpc) is 3.06. The molecule has 1 aliphatic heterocycles. The summed E-state index contributed by atoms with van der Waals surface area (Å²) in [4.78, 5) is 19.2. The third-order valence-corrected chi connectivity index (χ3v) is 5.38. The van der Waals surface area contributed by atoms with Crippen LogP contribution in [0.15, 0.2) is 40.6 Å². The van der Waals surface area contributed by atoms with Gasteiger partial charge < -0.3 is 4.90 Å². The highest BCUT2D eigenvalue weighted by molar-refractivity contribution is 9.10. The van der Waals surface area contributed by atoms with E-state index in [0.717, 1.165) is 53.5 Å². The molecule has 118 valence electrons. The lowest BCUT2D eigenvalue weighted by molar-refractivity contribution is 0.247. The zero-order valence-corrected chi connectivity index (χ0v) is 14.9. The van der Waals surface area contributed by atoms with Crippen LogP contribution < -0.4 is 4.90 Å². The van der Waals surface area contributed by atoms with Gasteiger partial charge in [0, 0.05) is 43.4 Å². The van der Waals surface area contributed by atoms with Crippen molar-refractivity contribution in [2.24, 2.45) is 0 Å². The fraction of sp³-hybridized carbons (Fsp3) is 0.312. The van der Waals surface area contributed by atoms with Crippen molar-refractivity contribution in [2.45, 2.75) is 6.54 Å². The second kappa shape index (κ2) is 6.51. The number of fused-ring (bicyclic) bond motifs is 1. The van der Waals surface area contributed by atoms with E-state index in [4.69, 9.17) is 0 Å². The normalized spacial score (nSPS) is 16.1. The minimum atomic E-state index is 0.902. The highest BCUT2D eigenvalue weighted by atomic mass is 79.9. The van der Waals surface area contributed by atoms with Gasteiger partial charge in [-0.2, -0.15) is 0 Å². The molecule has 23 heavy (non-hydrogen) atoms. The summed E-state index contributed by atoms with van der Waals surface area (Å²) in [5.74, 6) is 1.07.